The first-order chi connectivity index (χ1) is 9.55. The van der Waals surface area contributed by atoms with Crippen molar-refractivity contribution in [2.45, 2.75) is 63.5 Å². The Bertz CT molecular complexity index is 457. The van der Waals surface area contributed by atoms with E-state index >= 15 is 0 Å². The second-order valence-electron chi connectivity index (χ2n) is 5.40. The number of primary sulfonamides is 1. The van der Waals surface area contributed by atoms with Crippen molar-refractivity contribution in [3.05, 3.63) is 35.9 Å². The van der Waals surface area contributed by atoms with Crippen molar-refractivity contribution in [1.82, 2.24) is 0 Å². The highest BCUT2D eigenvalue weighted by Crippen LogP contribution is 2.26. The minimum absolute atomic E-state index is 0.556. The fourth-order valence-corrected chi connectivity index (χ4v) is 3.51. The molecule has 114 valence electrons. The van der Waals surface area contributed by atoms with Gasteiger partial charge in [-0.3, -0.25) is 0 Å². The average Bonchev–Trinajstić information content (AvgIpc) is 2.41. The van der Waals surface area contributed by atoms with E-state index in [9.17, 15) is 8.42 Å². The smallest absolute Gasteiger partial charge is 0.216 e. The van der Waals surface area contributed by atoms with Gasteiger partial charge >= 0.3 is 0 Å². The highest BCUT2D eigenvalue weighted by atomic mass is 32.2. The number of rotatable bonds is 10. The molecule has 0 aliphatic carbocycles. The molecule has 0 radical (unpaired) electrons. The Morgan fingerprint density at radius 2 is 1.50 bits per heavy atom. The van der Waals surface area contributed by atoms with E-state index in [-0.39, 0.29) is 0 Å². The molecular weight excluding hydrogens is 270 g/mol. The van der Waals surface area contributed by atoms with Crippen molar-refractivity contribution < 1.29 is 8.42 Å². The molecule has 0 saturated heterocycles. The molecule has 0 heterocycles. The van der Waals surface area contributed by atoms with Crippen LogP contribution >= 0.6 is 0 Å². The maximum atomic E-state index is 11.7. The SMILES string of the molecule is CCCCCCCCCC(c1ccccc1)S(N)(=O)=O. The normalized spacial score (nSPS) is 13.3. The molecule has 0 aromatic heterocycles. The molecule has 0 amide bonds. The van der Waals surface area contributed by atoms with Crippen LogP contribution in [0.25, 0.3) is 0 Å². The summed E-state index contributed by atoms with van der Waals surface area (Å²) in [5.41, 5.74) is 0.806. The van der Waals surface area contributed by atoms with E-state index in [4.69, 9.17) is 5.14 Å². The summed E-state index contributed by atoms with van der Waals surface area (Å²) in [7, 11) is -3.52. The van der Waals surface area contributed by atoms with Crippen LogP contribution in [-0.4, -0.2) is 8.42 Å². The third-order valence-corrected chi connectivity index (χ3v) is 4.94. The van der Waals surface area contributed by atoms with Crippen LogP contribution in [0.15, 0.2) is 30.3 Å². The molecule has 1 unspecified atom stereocenters. The van der Waals surface area contributed by atoms with E-state index in [1.54, 1.807) is 0 Å². The summed E-state index contributed by atoms with van der Waals surface area (Å²) in [5.74, 6) is 0. The van der Waals surface area contributed by atoms with Crippen molar-refractivity contribution >= 4 is 10.0 Å². The van der Waals surface area contributed by atoms with Gasteiger partial charge < -0.3 is 0 Å². The molecule has 1 aromatic rings. The van der Waals surface area contributed by atoms with Gasteiger partial charge in [-0.1, -0.05) is 82.2 Å². The zero-order valence-electron chi connectivity index (χ0n) is 12.4. The van der Waals surface area contributed by atoms with Crippen LogP contribution in [0.2, 0.25) is 0 Å². The third-order valence-electron chi connectivity index (χ3n) is 3.64. The Hall–Kier alpha value is -0.870. The van der Waals surface area contributed by atoms with Gasteiger partial charge in [-0.2, -0.15) is 0 Å². The summed E-state index contributed by atoms with van der Waals surface area (Å²) in [6, 6.07) is 9.29. The molecule has 1 rings (SSSR count). The van der Waals surface area contributed by atoms with Crippen LogP contribution in [0.5, 0.6) is 0 Å². The Morgan fingerprint density at radius 1 is 0.950 bits per heavy atom. The molecule has 1 aromatic carbocycles. The highest BCUT2D eigenvalue weighted by Gasteiger charge is 2.22. The molecule has 4 heteroatoms. The molecule has 1 atom stereocenters. The average molecular weight is 297 g/mol. The van der Waals surface area contributed by atoms with Gasteiger partial charge in [0.2, 0.25) is 10.0 Å². The lowest BCUT2D eigenvalue weighted by Gasteiger charge is -2.15. The number of unbranched alkanes of at least 4 members (excludes halogenated alkanes) is 6. The summed E-state index contributed by atoms with van der Waals surface area (Å²) in [5, 5.41) is 4.81. The number of sulfonamides is 1. The first-order valence-corrected chi connectivity index (χ1v) is 9.23. The second kappa shape index (κ2) is 9.14. The van der Waals surface area contributed by atoms with Gasteiger partial charge in [-0.25, -0.2) is 13.6 Å². The minimum Gasteiger partial charge on any atom is -0.228 e. The zero-order chi connectivity index (χ0) is 14.8. The molecular formula is C16H27NO2S. The maximum absolute atomic E-state index is 11.7. The van der Waals surface area contributed by atoms with E-state index in [1.165, 1.54) is 32.1 Å². The van der Waals surface area contributed by atoms with Gasteiger partial charge in [0.15, 0.2) is 0 Å². The predicted molar refractivity (Wildman–Crippen MR) is 84.9 cm³/mol. The molecule has 0 bridgehead atoms. The summed E-state index contributed by atoms with van der Waals surface area (Å²) in [4.78, 5) is 0. The maximum Gasteiger partial charge on any atom is 0.216 e. The van der Waals surface area contributed by atoms with Gasteiger partial charge in [0, 0.05) is 0 Å². The fourth-order valence-electron chi connectivity index (χ4n) is 2.48. The van der Waals surface area contributed by atoms with Crippen LogP contribution in [0, 0.1) is 0 Å². The Morgan fingerprint density at radius 3 is 2.05 bits per heavy atom. The topological polar surface area (TPSA) is 60.2 Å². The van der Waals surface area contributed by atoms with Crippen LogP contribution in [0.1, 0.15) is 69.1 Å². The van der Waals surface area contributed by atoms with Crippen molar-refractivity contribution in [3.8, 4) is 0 Å². The Labute approximate surface area is 123 Å². The molecule has 0 spiro atoms. The summed E-state index contributed by atoms with van der Waals surface area (Å²) in [6.07, 6.45) is 8.89. The van der Waals surface area contributed by atoms with Crippen molar-refractivity contribution in [1.29, 1.82) is 0 Å². The summed E-state index contributed by atoms with van der Waals surface area (Å²) in [6.45, 7) is 2.20. The van der Waals surface area contributed by atoms with E-state index in [0.29, 0.717) is 6.42 Å². The first kappa shape index (κ1) is 17.2. The van der Waals surface area contributed by atoms with Crippen LogP contribution in [0.4, 0.5) is 0 Å². The number of benzene rings is 1. The lowest BCUT2D eigenvalue weighted by atomic mass is 10.0. The molecule has 0 fully saturated rings. The van der Waals surface area contributed by atoms with Gasteiger partial charge in [-0.05, 0) is 12.0 Å². The minimum atomic E-state index is -3.52. The molecule has 20 heavy (non-hydrogen) atoms. The number of hydrogen-bond donors (Lipinski definition) is 1. The first-order valence-electron chi connectivity index (χ1n) is 7.62. The van der Waals surface area contributed by atoms with Crippen LogP contribution < -0.4 is 5.14 Å². The lowest BCUT2D eigenvalue weighted by molar-refractivity contribution is 0.548. The monoisotopic (exact) mass is 297 g/mol. The highest BCUT2D eigenvalue weighted by molar-refractivity contribution is 7.89. The second-order valence-corrected chi connectivity index (χ2v) is 7.15. The number of hydrogen-bond acceptors (Lipinski definition) is 2. The van der Waals surface area contributed by atoms with E-state index < -0.39 is 15.3 Å². The quantitative estimate of drug-likeness (QED) is 0.659. The molecule has 3 nitrogen and oxygen atoms in total. The van der Waals surface area contributed by atoms with Crippen LogP contribution in [-0.2, 0) is 10.0 Å². The lowest BCUT2D eigenvalue weighted by Crippen LogP contribution is -2.21. The zero-order valence-corrected chi connectivity index (χ0v) is 13.2. The van der Waals surface area contributed by atoms with Crippen LogP contribution in [0.3, 0.4) is 0 Å². The number of nitrogens with two attached hydrogens (primary N) is 1. The molecule has 2 N–H and O–H groups in total. The van der Waals surface area contributed by atoms with E-state index in [0.717, 1.165) is 18.4 Å². The van der Waals surface area contributed by atoms with Gasteiger partial charge in [0.05, 0.1) is 0 Å². The Kier molecular flexibility index (Phi) is 7.85. The molecule has 0 aliphatic rings. The van der Waals surface area contributed by atoms with Crippen molar-refractivity contribution in [3.63, 3.8) is 0 Å². The fraction of sp³-hybridized carbons (Fsp3) is 0.625. The van der Waals surface area contributed by atoms with E-state index in [2.05, 4.69) is 6.92 Å². The van der Waals surface area contributed by atoms with Gasteiger partial charge in [-0.15, -0.1) is 0 Å². The third kappa shape index (κ3) is 6.53. The van der Waals surface area contributed by atoms with Gasteiger partial charge in [0.25, 0.3) is 0 Å². The summed E-state index contributed by atoms with van der Waals surface area (Å²) >= 11 is 0. The van der Waals surface area contributed by atoms with E-state index in [1.807, 2.05) is 30.3 Å². The predicted octanol–water partition coefficient (Wildman–Crippen LogP) is 4.16. The van der Waals surface area contributed by atoms with Crippen molar-refractivity contribution in [2.75, 3.05) is 0 Å². The van der Waals surface area contributed by atoms with Crippen molar-refractivity contribution in [2.24, 2.45) is 5.14 Å². The largest absolute Gasteiger partial charge is 0.228 e. The molecule has 0 aliphatic heterocycles. The molecule has 0 saturated carbocycles. The Balaban J connectivity index is 2.40. The standard InChI is InChI=1S/C16H27NO2S/c1-2-3-4-5-6-7-11-14-16(20(17,18)19)15-12-9-8-10-13-15/h8-10,12-13,16H,2-7,11,14H2,1H3,(H2,17,18,19). The summed E-state index contributed by atoms with van der Waals surface area (Å²) < 4.78 is 23.4. The van der Waals surface area contributed by atoms with Gasteiger partial charge in [0.1, 0.15) is 5.25 Å².